The van der Waals surface area contributed by atoms with Crippen LogP contribution >= 0.6 is 69.6 Å². The lowest BCUT2D eigenvalue weighted by Gasteiger charge is -2.17. The summed E-state index contributed by atoms with van der Waals surface area (Å²) < 4.78 is 1.69. The molecule has 148 valence electrons. The minimum absolute atomic E-state index is 0.0399. The molecular formula is C17H11Cl6N3O2. The molecule has 0 amide bonds. The minimum Gasteiger partial charge on any atom is -0.507 e. The van der Waals surface area contributed by atoms with Gasteiger partial charge in [0.2, 0.25) is 7.59 Å². The standard InChI is InChI=1S/C17H11Cl6N3O2/c1-2-28-11-7-10(12(27)9-6-4-3-5-8(9)11)13-24-14(16(18,19)20)26-15(25-13)17(21,22)23/h3-7,27H,2H2,1H3. The highest BCUT2D eigenvalue weighted by Crippen LogP contribution is 2.44. The van der Waals surface area contributed by atoms with Crippen LogP contribution < -0.4 is 4.74 Å². The second kappa shape index (κ2) is 8.05. The summed E-state index contributed by atoms with van der Waals surface area (Å²) in [6, 6.07) is 8.71. The van der Waals surface area contributed by atoms with Crippen molar-refractivity contribution in [2.45, 2.75) is 14.5 Å². The van der Waals surface area contributed by atoms with Crippen LogP contribution in [-0.4, -0.2) is 26.7 Å². The Bertz CT molecular complexity index is 1000. The van der Waals surface area contributed by atoms with Crippen LogP contribution in [0.5, 0.6) is 11.5 Å². The molecule has 0 aliphatic carbocycles. The number of nitrogens with zero attached hydrogens (tertiary/aromatic N) is 3. The third kappa shape index (κ3) is 4.45. The third-order valence-corrected chi connectivity index (χ3v) is 4.68. The van der Waals surface area contributed by atoms with Crippen LogP contribution in [0.4, 0.5) is 0 Å². The molecule has 2 aromatic carbocycles. The first-order valence-corrected chi connectivity index (χ1v) is 10.1. The lowest BCUT2D eigenvalue weighted by Crippen LogP contribution is -2.16. The first-order valence-electron chi connectivity index (χ1n) is 7.80. The number of hydrogen-bond acceptors (Lipinski definition) is 5. The Morgan fingerprint density at radius 3 is 1.93 bits per heavy atom. The molecule has 0 unspecified atom stereocenters. The van der Waals surface area contributed by atoms with E-state index in [1.807, 2.05) is 19.1 Å². The van der Waals surface area contributed by atoms with Crippen molar-refractivity contribution in [2.24, 2.45) is 0 Å². The molecule has 11 heteroatoms. The highest BCUT2D eigenvalue weighted by atomic mass is 35.6. The Hall–Kier alpha value is -0.950. The van der Waals surface area contributed by atoms with Gasteiger partial charge in [0.25, 0.3) is 0 Å². The summed E-state index contributed by atoms with van der Waals surface area (Å²) in [5.41, 5.74) is 0.204. The van der Waals surface area contributed by atoms with Gasteiger partial charge < -0.3 is 9.84 Å². The predicted molar refractivity (Wildman–Crippen MR) is 114 cm³/mol. The number of aromatic nitrogens is 3. The Morgan fingerprint density at radius 1 is 0.893 bits per heavy atom. The maximum Gasteiger partial charge on any atom is 0.250 e. The topological polar surface area (TPSA) is 68.1 Å². The van der Waals surface area contributed by atoms with Crippen molar-refractivity contribution in [3.63, 3.8) is 0 Å². The van der Waals surface area contributed by atoms with Gasteiger partial charge in [-0.3, -0.25) is 0 Å². The monoisotopic (exact) mass is 499 g/mol. The average Bonchev–Trinajstić information content (AvgIpc) is 2.62. The van der Waals surface area contributed by atoms with Crippen molar-refractivity contribution >= 4 is 80.4 Å². The van der Waals surface area contributed by atoms with Gasteiger partial charge in [-0.25, -0.2) is 15.0 Å². The molecule has 5 nitrogen and oxygen atoms in total. The van der Waals surface area contributed by atoms with E-state index < -0.39 is 7.59 Å². The molecule has 3 rings (SSSR count). The first kappa shape index (κ1) is 21.8. The second-order valence-corrected chi connectivity index (χ2v) is 10.1. The van der Waals surface area contributed by atoms with E-state index in [0.717, 1.165) is 0 Å². The zero-order chi connectivity index (χ0) is 20.7. The molecule has 3 aromatic rings. The lowest BCUT2D eigenvalue weighted by atomic mass is 10.0. The summed E-state index contributed by atoms with van der Waals surface area (Å²) in [6.07, 6.45) is 0. The second-order valence-electron chi connectivity index (χ2n) is 5.55. The highest BCUT2D eigenvalue weighted by molar-refractivity contribution is 6.67. The molecule has 1 heterocycles. The fourth-order valence-corrected chi connectivity index (χ4v) is 3.03. The molecule has 0 aliphatic heterocycles. The molecule has 0 atom stereocenters. The lowest BCUT2D eigenvalue weighted by molar-refractivity contribution is 0.344. The summed E-state index contributed by atoms with van der Waals surface area (Å²) in [7, 11) is 0. The van der Waals surface area contributed by atoms with E-state index in [1.54, 1.807) is 18.2 Å². The SMILES string of the molecule is CCOc1cc(-c2nc(C(Cl)(Cl)Cl)nc(C(Cl)(Cl)Cl)n2)c(O)c2ccccc12. The normalized spacial score (nSPS) is 12.4. The number of aromatic hydroxyl groups is 1. The smallest absolute Gasteiger partial charge is 0.250 e. The van der Waals surface area contributed by atoms with Crippen molar-refractivity contribution in [3.8, 4) is 22.9 Å². The Balaban J connectivity index is 2.34. The van der Waals surface area contributed by atoms with Crippen LogP contribution in [0.1, 0.15) is 18.6 Å². The van der Waals surface area contributed by atoms with Gasteiger partial charge in [-0.05, 0) is 13.0 Å². The summed E-state index contributed by atoms with van der Waals surface area (Å²) in [4.78, 5) is 12.2. The van der Waals surface area contributed by atoms with Crippen LogP contribution in [-0.2, 0) is 7.59 Å². The van der Waals surface area contributed by atoms with E-state index >= 15 is 0 Å². The number of rotatable bonds is 3. The molecule has 28 heavy (non-hydrogen) atoms. The molecule has 1 N–H and O–H groups in total. The molecule has 0 radical (unpaired) electrons. The predicted octanol–water partition coefficient (Wildman–Crippen LogP) is 6.45. The van der Waals surface area contributed by atoms with E-state index in [0.29, 0.717) is 23.1 Å². The van der Waals surface area contributed by atoms with Crippen molar-refractivity contribution < 1.29 is 9.84 Å². The van der Waals surface area contributed by atoms with Crippen molar-refractivity contribution in [3.05, 3.63) is 42.0 Å². The van der Waals surface area contributed by atoms with Gasteiger partial charge in [0.1, 0.15) is 11.5 Å². The molecule has 0 aliphatic rings. The number of ether oxygens (including phenoxy) is 1. The fraction of sp³-hybridized carbons (Fsp3) is 0.235. The van der Waals surface area contributed by atoms with E-state index in [2.05, 4.69) is 15.0 Å². The molecule has 1 aromatic heterocycles. The Kier molecular flexibility index (Phi) is 6.26. The first-order chi connectivity index (χ1) is 13.0. The maximum absolute atomic E-state index is 10.8. The number of benzene rings is 2. The van der Waals surface area contributed by atoms with Gasteiger partial charge in [-0.1, -0.05) is 93.9 Å². The van der Waals surface area contributed by atoms with Crippen LogP contribution in [0, 0.1) is 0 Å². The number of halogens is 6. The van der Waals surface area contributed by atoms with Gasteiger partial charge >= 0.3 is 0 Å². The average molecular weight is 502 g/mol. The van der Waals surface area contributed by atoms with Crippen molar-refractivity contribution in [1.82, 2.24) is 15.0 Å². The van der Waals surface area contributed by atoms with E-state index in [4.69, 9.17) is 74.3 Å². The zero-order valence-corrected chi connectivity index (χ0v) is 18.6. The summed E-state index contributed by atoms with van der Waals surface area (Å²) in [6.45, 7) is 2.25. The van der Waals surface area contributed by atoms with Gasteiger partial charge in [0, 0.05) is 10.8 Å². The van der Waals surface area contributed by atoms with E-state index in [9.17, 15) is 5.11 Å². The van der Waals surface area contributed by atoms with Crippen molar-refractivity contribution in [1.29, 1.82) is 0 Å². The Morgan fingerprint density at radius 2 is 1.43 bits per heavy atom. The molecule has 0 spiro atoms. The summed E-state index contributed by atoms with van der Waals surface area (Å²) in [5, 5.41) is 12.1. The van der Waals surface area contributed by atoms with Gasteiger partial charge in [-0.15, -0.1) is 0 Å². The Labute approximate surface area is 190 Å². The van der Waals surface area contributed by atoms with E-state index in [1.165, 1.54) is 0 Å². The van der Waals surface area contributed by atoms with Crippen LogP contribution in [0.15, 0.2) is 30.3 Å². The van der Waals surface area contributed by atoms with E-state index in [-0.39, 0.29) is 28.8 Å². The molecular weight excluding hydrogens is 491 g/mol. The van der Waals surface area contributed by atoms with Gasteiger partial charge in [0.15, 0.2) is 17.5 Å². The van der Waals surface area contributed by atoms with Crippen LogP contribution in [0.2, 0.25) is 0 Å². The number of phenols is 1. The van der Waals surface area contributed by atoms with Crippen molar-refractivity contribution in [2.75, 3.05) is 6.61 Å². The van der Waals surface area contributed by atoms with Crippen LogP contribution in [0.3, 0.4) is 0 Å². The van der Waals surface area contributed by atoms with Crippen LogP contribution in [0.25, 0.3) is 22.2 Å². The molecule has 0 saturated carbocycles. The third-order valence-electron chi connectivity index (χ3n) is 3.66. The molecule has 0 saturated heterocycles. The molecule has 0 bridgehead atoms. The van der Waals surface area contributed by atoms with Gasteiger partial charge in [0.05, 0.1) is 12.2 Å². The fourth-order valence-electron chi connectivity index (χ4n) is 2.52. The number of fused-ring (bicyclic) bond motifs is 1. The summed E-state index contributed by atoms with van der Waals surface area (Å²) >= 11 is 35.5. The summed E-state index contributed by atoms with van der Waals surface area (Å²) in [5.74, 6) is -0.140. The number of hydrogen-bond donors (Lipinski definition) is 1. The number of alkyl halides is 6. The van der Waals surface area contributed by atoms with Gasteiger partial charge in [-0.2, -0.15) is 0 Å². The highest BCUT2D eigenvalue weighted by Gasteiger charge is 2.34. The maximum atomic E-state index is 10.8. The zero-order valence-electron chi connectivity index (χ0n) is 14.1. The largest absolute Gasteiger partial charge is 0.507 e. The quantitative estimate of drug-likeness (QED) is 0.418. The number of phenolic OH excluding ortho intramolecular Hbond substituents is 1. The molecule has 0 fully saturated rings. The minimum atomic E-state index is -2.00.